The highest BCUT2D eigenvalue weighted by atomic mass is 32.2. The van der Waals surface area contributed by atoms with E-state index in [4.69, 9.17) is 5.84 Å². The van der Waals surface area contributed by atoms with Crippen molar-refractivity contribution in [3.63, 3.8) is 0 Å². The maximum atomic E-state index is 12.9. The summed E-state index contributed by atoms with van der Waals surface area (Å²) in [5.74, 6) is 3.22. The van der Waals surface area contributed by atoms with E-state index in [1.165, 1.54) is 0 Å². The molecule has 1 aromatic rings. The van der Waals surface area contributed by atoms with Gasteiger partial charge in [0.2, 0.25) is 5.91 Å². The molecule has 0 heterocycles. The first-order chi connectivity index (χ1) is 15.0. The Balaban J connectivity index is 3.48. The Morgan fingerprint density at radius 2 is 1.75 bits per heavy atom. The van der Waals surface area contributed by atoms with Crippen LogP contribution >= 0.6 is 0 Å². The molecule has 0 aliphatic rings. The van der Waals surface area contributed by atoms with Gasteiger partial charge in [0.1, 0.15) is 0 Å². The van der Waals surface area contributed by atoms with Crippen LogP contribution in [0.4, 0.5) is 0 Å². The van der Waals surface area contributed by atoms with Gasteiger partial charge < -0.3 is 0 Å². The number of hydrazine groups is 1. The van der Waals surface area contributed by atoms with Gasteiger partial charge in [-0.3, -0.25) is 20.2 Å². The van der Waals surface area contributed by atoms with E-state index in [2.05, 4.69) is 0 Å². The normalized spacial score (nSPS) is 16.7. The standard InChI is InChI=1S/C23H37N3O5S/c1-5-15-22(3,17-23(16-6-2,21(28)25-24)32(4,30)31)19(20(27)26-29)14-10-13-18-11-8-7-9-12-18/h7-13,19,29H,5-6,14-17,24H2,1-4H3,(H,25,28)(H,26,27)/b13-10+/t19-,22+,23?/m1/s1. The number of hydroxylamine groups is 1. The van der Waals surface area contributed by atoms with E-state index in [9.17, 15) is 23.2 Å². The number of hydrogen-bond donors (Lipinski definition) is 4. The minimum Gasteiger partial charge on any atom is -0.293 e. The zero-order chi connectivity index (χ0) is 24.4. The average Bonchev–Trinajstić information content (AvgIpc) is 2.75. The van der Waals surface area contributed by atoms with Crippen LogP contribution in [0.5, 0.6) is 0 Å². The van der Waals surface area contributed by atoms with Crippen LogP contribution in [0.1, 0.15) is 64.9 Å². The Morgan fingerprint density at radius 1 is 1.16 bits per heavy atom. The van der Waals surface area contributed by atoms with Crippen LogP contribution in [-0.2, 0) is 19.4 Å². The lowest BCUT2D eigenvalue weighted by atomic mass is 9.66. The summed E-state index contributed by atoms with van der Waals surface area (Å²) in [6, 6.07) is 9.54. The second-order valence-corrected chi connectivity index (χ2v) is 11.0. The number of sulfone groups is 1. The smallest absolute Gasteiger partial charge is 0.255 e. The third-order valence-electron chi connectivity index (χ3n) is 6.17. The summed E-state index contributed by atoms with van der Waals surface area (Å²) >= 11 is 0. The highest BCUT2D eigenvalue weighted by molar-refractivity contribution is 7.92. The SMILES string of the molecule is CCCC(C[C@](C)(CCC)[C@H](C/C=C/c1ccccc1)C(=O)NO)(C(=O)NN)S(C)(=O)=O. The molecule has 32 heavy (non-hydrogen) atoms. The number of amides is 2. The lowest BCUT2D eigenvalue weighted by Crippen LogP contribution is -2.57. The van der Waals surface area contributed by atoms with Gasteiger partial charge >= 0.3 is 0 Å². The molecule has 0 fully saturated rings. The number of carbonyl (C=O) groups is 2. The number of benzene rings is 1. The van der Waals surface area contributed by atoms with Crippen molar-refractivity contribution in [1.29, 1.82) is 0 Å². The fourth-order valence-electron chi connectivity index (χ4n) is 4.60. The van der Waals surface area contributed by atoms with Gasteiger partial charge in [-0.15, -0.1) is 0 Å². The summed E-state index contributed by atoms with van der Waals surface area (Å²) < 4.78 is 24.0. The van der Waals surface area contributed by atoms with E-state index in [1.54, 1.807) is 19.3 Å². The fourth-order valence-corrected chi connectivity index (χ4v) is 6.16. The van der Waals surface area contributed by atoms with E-state index in [0.29, 0.717) is 19.3 Å². The quantitative estimate of drug-likeness (QED) is 0.152. The second kappa shape index (κ2) is 12.1. The third kappa shape index (κ3) is 6.63. The molecule has 0 bridgehead atoms. The number of nitrogens with two attached hydrogens (primary N) is 1. The highest BCUT2D eigenvalue weighted by Gasteiger charge is 2.53. The molecule has 1 aromatic carbocycles. The summed E-state index contributed by atoms with van der Waals surface area (Å²) in [6.45, 7) is 5.52. The van der Waals surface area contributed by atoms with Crippen LogP contribution in [0.2, 0.25) is 0 Å². The van der Waals surface area contributed by atoms with Crippen LogP contribution < -0.4 is 16.7 Å². The summed E-state index contributed by atoms with van der Waals surface area (Å²) in [5.41, 5.74) is 3.80. The van der Waals surface area contributed by atoms with Gasteiger partial charge in [-0.05, 0) is 36.7 Å². The van der Waals surface area contributed by atoms with Gasteiger partial charge in [0.25, 0.3) is 5.91 Å². The molecule has 180 valence electrons. The Labute approximate surface area is 191 Å². The molecule has 0 radical (unpaired) electrons. The maximum Gasteiger partial charge on any atom is 0.255 e. The van der Waals surface area contributed by atoms with Crippen LogP contribution in [-0.4, -0.2) is 36.4 Å². The van der Waals surface area contributed by atoms with Crippen molar-refractivity contribution < 1.29 is 23.2 Å². The second-order valence-electron chi connectivity index (χ2n) is 8.65. The van der Waals surface area contributed by atoms with E-state index in [-0.39, 0.29) is 19.3 Å². The molecule has 2 amide bonds. The molecule has 8 nitrogen and oxygen atoms in total. The number of rotatable bonds is 13. The Hall–Kier alpha value is -2.23. The van der Waals surface area contributed by atoms with Crippen molar-refractivity contribution in [2.45, 2.75) is 64.0 Å². The van der Waals surface area contributed by atoms with Gasteiger partial charge in [0.15, 0.2) is 14.6 Å². The Bertz CT molecular complexity index is 888. The van der Waals surface area contributed by atoms with E-state index in [1.807, 2.05) is 54.8 Å². The number of allylic oxidation sites excluding steroid dienone is 1. The van der Waals surface area contributed by atoms with Gasteiger partial charge in [-0.25, -0.2) is 19.7 Å². The fraction of sp³-hybridized carbons (Fsp3) is 0.565. The van der Waals surface area contributed by atoms with Crippen LogP contribution in [0.25, 0.3) is 6.08 Å². The van der Waals surface area contributed by atoms with Crippen LogP contribution in [0.15, 0.2) is 36.4 Å². The lowest BCUT2D eigenvalue weighted by Gasteiger charge is -2.43. The molecule has 0 saturated carbocycles. The number of hydrogen-bond acceptors (Lipinski definition) is 6. The lowest BCUT2D eigenvalue weighted by molar-refractivity contribution is -0.139. The van der Waals surface area contributed by atoms with Crippen molar-refractivity contribution in [3.05, 3.63) is 42.0 Å². The minimum absolute atomic E-state index is 0.0709. The van der Waals surface area contributed by atoms with Gasteiger partial charge in [0, 0.05) is 12.2 Å². The molecular weight excluding hydrogens is 430 g/mol. The summed E-state index contributed by atoms with van der Waals surface area (Å²) in [7, 11) is -3.89. The largest absolute Gasteiger partial charge is 0.293 e. The molecule has 3 atom stereocenters. The van der Waals surface area contributed by atoms with Crippen molar-refractivity contribution in [3.8, 4) is 0 Å². The van der Waals surface area contributed by atoms with Gasteiger partial charge in [-0.1, -0.05) is 76.1 Å². The molecule has 1 rings (SSSR count). The monoisotopic (exact) mass is 467 g/mol. The third-order valence-corrected chi connectivity index (χ3v) is 8.12. The first-order valence-corrected chi connectivity index (χ1v) is 12.8. The predicted octanol–water partition coefficient (Wildman–Crippen LogP) is 2.98. The molecule has 5 N–H and O–H groups in total. The highest BCUT2D eigenvalue weighted by Crippen LogP contribution is 2.46. The molecule has 9 heteroatoms. The van der Waals surface area contributed by atoms with Gasteiger partial charge in [0.05, 0.1) is 0 Å². The van der Waals surface area contributed by atoms with Crippen molar-refractivity contribution in [2.75, 3.05) is 6.26 Å². The van der Waals surface area contributed by atoms with Crippen molar-refractivity contribution in [1.82, 2.24) is 10.9 Å². The van der Waals surface area contributed by atoms with E-state index >= 15 is 0 Å². The van der Waals surface area contributed by atoms with Crippen molar-refractivity contribution in [2.24, 2.45) is 17.2 Å². The number of nitrogens with one attached hydrogen (secondary N) is 2. The molecule has 0 spiro atoms. The summed E-state index contributed by atoms with van der Waals surface area (Å²) in [4.78, 5) is 25.6. The summed E-state index contributed by atoms with van der Waals surface area (Å²) in [6.07, 6.45) is 6.53. The predicted molar refractivity (Wildman–Crippen MR) is 126 cm³/mol. The van der Waals surface area contributed by atoms with Crippen LogP contribution in [0.3, 0.4) is 0 Å². The Kier molecular flexibility index (Phi) is 10.5. The molecule has 0 aliphatic carbocycles. The molecule has 1 unspecified atom stereocenters. The Morgan fingerprint density at radius 3 is 2.22 bits per heavy atom. The zero-order valence-electron chi connectivity index (χ0n) is 19.4. The first kappa shape index (κ1) is 27.8. The molecule has 0 saturated heterocycles. The summed E-state index contributed by atoms with van der Waals surface area (Å²) in [5, 5.41) is 9.43. The first-order valence-electron chi connectivity index (χ1n) is 10.9. The molecule has 0 aliphatic heterocycles. The van der Waals surface area contributed by atoms with E-state index in [0.717, 1.165) is 11.8 Å². The van der Waals surface area contributed by atoms with Crippen molar-refractivity contribution >= 4 is 27.7 Å². The molecule has 0 aromatic heterocycles. The minimum atomic E-state index is -3.89. The van der Waals surface area contributed by atoms with Gasteiger partial charge in [-0.2, -0.15) is 0 Å². The topological polar surface area (TPSA) is 139 Å². The molecular formula is C23H37N3O5S. The maximum absolute atomic E-state index is 12.9. The zero-order valence-corrected chi connectivity index (χ0v) is 20.2. The average molecular weight is 468 g/mol. The van der Waals surface area contributed by atoms with Crippen LogP contribution in [0, 0.1) is 11.3 Å². The number of carbonyl (C=O) groups excluding carboxylic acids is 2. The van der Waals surface area contributed by atoms with E-state index < -0.39 is 37.7 Å².